The Labute approximate surface area is 154 Å². The van der Waals surface area contributed by atoms with E-state index in [2.05, 4.69) is 21.8 Å². The van der Waals surface area contributed by atoms with Crippen molar-refractivity contribution in [3.63, 3.8) is 0 Å². The lowest BCUT2D eigenvalue weighted by Crippen LogP contribution is -2.31. The van der Waals surface area contributed by atoms with E-state index in [0.717, 1.165) is 30.7 Å². The Balaban J connectivity index is 1.60. The number of hydrogen-bond acceptors (Lipinski definition) is 5. The zero-order chi connectivity index (χ0) is 19.3. The Morgan fingerprint density at radius 3 is 2.56 bits per heavy atom. The molecule has 5 nitrogen and oxygen atoms in total. The van der Waals surface area contributed by atoms with Gasteiger partial charge in [0.2, 0.25) is 0 Å². The van der Waals surface area contributed by atoms with Crippen molar-refractivity contribution in [3.05, 3.63) is 64.8 Å². The maximum Gasteiger partial charge on any atom is 0.433 e. The van der Waals surface area contributed by atoms with Gasteiger partial charge in [0.15, 0.2) is 5.82 Å². The Bertz CT molecular complexity index is 872. The largest absolute Gasteiger partial charge is 0.761 e. The van der Waals surface area contributed by atoms with Gasteiger partial charge >= 0.3 is 6.18 Å². The standard InChI is InChI=1S/C19H16F3N4O/c20-19(21,22)17-7-6-15(13-24-17)4-1-3-14-8-11-26(12-9-14)18-16(25-27)5-2-10-23-18/h2-3,5-7,10,13,25H,8-9,11-12H2/q-1. The number of alkyl halides is 3. The van der Waals surface area contributed by atoms with Crippen molar-refractivity contribution in [1.82, 2.24) is 9.97 Å². The molecule has 0 unspecified atom stereocenters. The van der Waals surface area contributed by atoms with Crippen molar-refractivity contribution in [1.29, 1.82) is 0 Å². The van der Waals surface area contributed by atoms with Crippen LogP contribution in [-0.2, 0) is 6.18 Å². The predicted octanol–water partition coefficient (Wildman–Crippen LogP) is 3.98. The highest BCUT2D eigenvalue weighted by molar-refractivity contribution is 5.66. The molecule has 0 amide bonds. The lowest BCUT2D eigenvalue weighted by molar-refractivity contribution is -0.141. The molecule has 1 aliphatic rings. The first-order valence-electron chi connectivity index (χ1n) is 8.28. The van der Waals surface area contributed by atoms with Crippen molar-refractivity contribution in [2.75, 3.05) is 23.5 Å². The first-order chi connectivity index (χ1) is 13.0. The Morgan fingerprint density at radius 1 is 1.15 bits per heavy atom. The molecule has 3 heterocycles. The zero-order valence-electron chi connectivity index (χ0n) is 14.3. The van der Waals surface area contributed by atoms with Gasteiger partial charge < -0.3 is 15.6 Å². The first-order valence-corrected chi connectivity index (χ1v) is 8.28. The van der Waals surface area contributed by atoms with Gasteiger partial charge in [-0.25, -0.2) is 4.98 Å². The van der Waals surface area contributed by atoms with E-state index in [1.165, 1.54) is 6.07 Å². The number of hydrogen-bond donors (Lipinski definition) is 1. The predicted molar refractivity (Wildman–Crippen MR) is 96.9 cm³/mol. The van der Waals surface area contributed by atoms with Crippen LogP contribution < -0.4 is 10.4 Å². The fourth-order valence-corrected chi connectivity index (χ4v) is 2.74. The van der Waals surface area contributed by atoms with E-state index in [1.54, 1.807) is 24.4 Å². The summed E-state index contributed by atoms with van der Waals surface area (Å²) in [6, 6.07) is 5.61. The third kappa shape index (κ3) is 4.77. The highest BCUT2D eigenvalue weighted by atomic mass is 19.4. The molecule has 0 aromatic carbocycles. The molecule has 0 radical (unpaired) electrons. The molecule has 1 aliphatic heterocycles. The molecule has 2 aromatic rings. The van der Waals surface area contributed by atoms with Crippen LogP contribution in [0.5, 0.6) is 0 Å². The molecule has 0 saturated carbocycles. The molecular formula is C19H16F3N4O-. The van der Waals surface area contributed by atoms with Crippen LogP contribution in [0.25, 0.3) is 0 Å². The summed E-state index contributed by atoms with van der Waals surface area (Å²) in [6.45, 7) is 1.42. The van der Waals surface area contributed by atoms with E-state index in [1.807, 2.05) is 10.4 Å². The fraction of sp³-hybridized carbons (Fsp3) is 0.263. The third-order valence-corrected chi connectivity index (χ3v) is 4.15. The van der Waals surface area contributed by atoms with E-state index in [-0.39, 0.29) is 0 Å². The Hall–Kier alpha value is -3.05. The first kappa shape index (κ1) is 18.7. The quantitative estimate of drug-likeness (QED) is 0.637. The van der Waals surface area contributed by atoms with Crippen LogP contribution >= 0.6 is 0 Å². The number of nitrogens with one attached hydrogen (secondary N) is 1. The Kier molecular flexibility index (Phi) is 5.62. The molecule has 140 valence electrons. The number of pyridine rings is 2. The summed E-state index contributed by atoms with van der Waals surface area (Å²) in [5.41, 5.74) is 2.99. The summed E-state index contributed by atoms with van der Waals surface area (Å²) < 4.78 is 37.4. The summed E-state index contributed by atoms with van der Waals surface area (Å²) in [5, 5.41) is 11.0. The average molecular weight is 373 g/mol. The van der Waals surface area contributed by atoms with Gasteiger partial charge in [-0.1, -0.05) is 17.4 Å². The smallest absolute Gasteiger partial charge is 0.433 e. The topological polar surface area (TPSA) is 64.1 Å². The van der Waals surface area contributed by atoms with Crippen molar-refractivity contribution in [3.8, 4) is 11.8 Å². The summed E-state index contributed by atoms with van der Waals surface area (Å²) in [4.78, 5) is 9.67. The van der Waals surface area contributed by atoms with Crippen LogP contribution in [0.1, 0.15) is 24.1 Å². The van der Waals surface area contributed by atoms with Crippen LogP contribution in [-0.4, -0.2) is 23.1 Å². The van der Waals surface area contributed by atoms with Gasteiger partial charge in [-0.05, 0) is 43.2 Å². The minimum atomic E-state index is -4.45. The van der Waals surface area contributed by atoms with Gasteiger partial charge in [-0.2, -0.15) is 13.2 Å². The van der Waals surface area contributed by atoms with Crippen molar-refractivity contribution in [2.45, 2.75) is 19.0 Å². The number of nitrogens with zero attached hydrogens (tertiary/aromatic N) is 3. The van der Waals surface area contributed by atoms with Gasteiger partial charge in [0.05, 0.1) is 5.69 Å². The summed E-state index contributed by atoms with van der Waals surface area (Å²) in [5.74, 6) is 6.31. The number of allylic oxidation sites excluding steroid dienone is 1. The molecule has 0 bridgehead atoms. The van der Waals surface area contributed by atoms with Crippen LogP contribution in [0, 0.1) is 17.0 Å². The molecule has 0 atom stereocenters. The molecule has 1 N–H and O–H groups in total. The average Bonchev–Trinajstić information content (AvgIpc) is 2.68. The Morgan fingerprint density at radius 2 is 1.93 bits per heavy atom. The minimum absolute atomic E-state index is 0.428. The highest BCUT2D eigenvalue weighted by Crippen LogP contribution is 2.28. The van der Waals surface area contributed by atoms with Crippen molar-refractivity contribution < 1.29 is 13.2 Å². The minimum Gasteiger partial charge on any atom is -0.761 e. The molecule has 0 aliphatic carbocycles. The van der Waals surface area contributed by atoms with Gasteiger partial charge in [-0.3, -0.25) is 4.98 Å². The molecule has 0 spiro atoms. The molecular weight excluding hydrogens is 357 g/mol. The number of anilines is 2. The van der Waals surface area contributed by atoms with Gasteiger partial charge in [0, 0.05) is 31.0 Å². The number of aromatic nitrogens is 2. The van der Waals surface area contributed by atoms with Crippen molar-refractivity contribution >= 4 is 11.5 Å². The molecule has 1 fully saturated rings. The number of halogens is 3. The normalized spacial score (nSPS) is 14.4. The third-order valence-electron chi connectivity index (χ3n) is 4.15. The van der Waals surface area contributed by atoms with E-state index >= 15 is 0 Å². The molecule has 3 rings (SSSR count). The van der Waals surface area contributed by atoms with Crippen molar-refractivity contribution in [2.24, 2.45) is 0 Å². The van der Waals surface area contributed by atoms with E-state index in [4.69, 9.17) is 0 Å². The number of piperidine rings is 1. The lowest BCUT2D eigenvalue weighted by Gasteiger charge is -2.31. The summed E-state index contributed by atoms with van der Waals surface area (Å²) in [6.07, 6.45) is 1.65. The summed E-state index contributed by atoms with van der Waals surface area (Å²) >= 11 is 0. The van der Waals surface area contributed by atoms with E-state index in [9.17, 15) is 18.4 Å². The maximum absolute atomic E-state index is 12.5. The zero-order valence-corrected chi connectivity index (χ0v) is 14.3. The molecule has 2 aromatic heterocycles. The van der Waals surface area contributed by atoms with Gasteiger partial charge in [0.25, 0.3) is 0 Å². The van der Waals surface area contributed by atoms with E-state index < -0.39 is 11.9 Å². The fourth-order valence-electron chi connectivity index (χ4n) is 2.74. The monoisotopic (exact) mass is 373 g/mol. The van der Waals surface area contributed by atoms with E-state index in [0.29, 0.717) is 30.2 Å². The SMILES string of the molecule is [O-]Nc1cccnc1N1CCC(=CC#Cc2ccc(C(F)(F)F)nc2)CC1. The van der Waals surface area contributed by atoms with Crippen LogP contribution in [0.15, 0.2) is 48.3 Å². The highest BCUT2D eigenvalue weighted by Gasteiger charge is 2.31. The van der Waals surface area contributed by atoms with Crippen LogP contribution in [0.4, 0.5) is 24.7 Å². The molecule has 8 heteroatoms. The van der Waals surface area contributed by atoms with Gasteiger partial charge in [-0.15, -0.1) is 0 Å². The van der Waals surface area contributed by atoms with Crippen LogP contribution in [0.2, 0.25) is 0 Å². The summed E-state index contributed by atoms with van der Waals surface area (Å²) in [7, 11) is 0. The molecule has 27 heavy (non-hydrogen) atoms. The second-order valence-electron chi connectivity index (χ2n) is 5.97. The number of rotatable bonds is 2. The lowest BCUT2D eigenvalue weighted by atomic mass is 10.0. The van der Waals surface area contributed by atoms with Crippen LogP contribution in [0.3, 0.4) is 0 Å². The molecule has 1 saturated heterocycles. The van der Waals surface area contributed by atoms with Gasteiger partial charge in [0.1, 0.15) is 5.69 Å². The maximum atomic E-state index is 12.5. The second kappa shape index (κ2) is 8.10. The second-order valence-corrected chi connectivity index (χ2v) is 5.97.